The lowest BCUT2D eigenvalue weighted by molar-refractivity contribution is 0.102. The van der Waals surface area contributed by atoms with Crippen molar-refractivity contribution in [3.05, 3.63) is 65.2 Å². The van der Waals surface area contributed by atoms with Crippen molar-refractivity contribution in [2.75, 3.05) is 17.6 Å². The van der Waals surface area contributed by atoms with Crippen molar-refractivity contribution in [1.29, 1.82) is 0 Å². The summed E-state index contributed by atoms with van der Waals surface area (Å²) in [6.45, 7) is 2.92. The molecule has 1 aliphatic rings. The summed E-state index contributed by atoms with van der Waals surface area (Å²) in [5, 5.41) is 2.98. The molecule has 1 aliphatic heterocycles. The number of aryl methyl sites for hydroxylation is 1. The summed E-state index contributed by atoms with van der Waals surface area (Å²) in [4.78, 5) is 17.0. The zero-order valence-electron chi connectivity index (χ0n) is 12.9. The SMILES string of the molecule is Cc1cccc(NC(=O)c2ccccc2CSC2=NCCS2)c1. The van der Waals surface area contributed by atoms with Crippen LogP contribution in [-0.2, 0) is 5.75 Å². The number of benzene rings is 2. The average Bonchev–Trinajstić information content (AvgIpc) is 3.06. The molecule has 23 heavy (non-hydrogen) atoms. The number of rotatable bonds is 4. The topological polar surface area (TPSA) is 41.5 Å². The number of carbonyl (C=O) groups excluding carboxylic acids is 1. The van der Waals surface area contributed by atoms with Crippen LogP contribution in [0, 0.1) is 6.92 Å². The minimum absolute atomic E-state index is 0.0622. The first-order valence-corrected chi connectivity index (χ1v) is 9.45. The van der Waals surface area contributed by atoms with E-state index in [9.17, 15) is 4.79 Å². The van der Waals surface area contributed by atoms with Crippen molar-refractivity contribution in [3.8, 4) is 0 Å². The summed E-state index contributed by atoms with van der Waals surface area (Å²) in [7, 11) is 0. The summed E-state index contributed by atoms with van der Waals surface area (Å²) < 4.78 is 1.12. The molecule has 0 aliphatic carbocycles. The Morgan fingerprint density at radius 3 is 2.91 bits per heavy atom. The van der Waals surface area contributed by atoms with Crippen molar-refractivity contribution in [1.82, 2.24) is 0 Å². The zero-order valence-corrected chi connectivity index (χ0v) is 14.5. The van der Waals surface area contributed by atoms with Crippen molar-refractivity contribution >= 4 is 39.5 Å². The van der Waals surface area contributed by atoms with Crippen LogP contribution in [0.15, 0.2) is 53.5 Å². The van der Waals surface area contributed by atoms with E-state index in [1.807, 2.05) is 55.5 Å². The molecule has 2 aromatic carbocycles. The number of thioether (sulfide) groups is 2. The Balaban J connectivity index is 1.72. The van der Waals surface area contributed by atoms with Crippen LogP contribution in [0.5, 0.6) is 0 Å². The summed E-state index contributed by atoms with van der Waals surface area (Å²) in [5.41, 5.74) is 3.72. The standard InChI is InChI=1S/C18H18N2OS2/c1-13-5-4-7-15(11-13)20-17(21)16-8-3-2-6-14(16)12-23-18-19-9-10-22-18/h2-8,11H,9-10,12H2,1H3,(H,20,21). The van der Waals surface area contributed by atoms with Gasteiger partial charge in [-0.2, -0.15) is 0 Å². The molecule has 0 spiro atoms. The minimum atomic E-state index is -0.0622. The Bertz CT molecular complexity index is 743. The Morgan fingerprint density at radius 2 is 2.13 bits per heavy atom. The van der Waals surface area contributed by atoms with E-state index >= 15 is 0 Å². The number of nitrogens with one attached hydrogen (secondary N) is 1. The highest BCUT2D eigenvalue weighted by Crippen LogP contribution is 2.26. The lowest BCUT2D eigenvalue weighted by Crippen LogP contribution is -2.14. The molecule has 1 amide bonds. The minimum Gasteiger partial charge on any atom is -0.322 e. The molecule has 1 N–H and O–H groups in total. The lowest BCUT2D eigenvalue weighted by atomic mass is 10.1. The molecule has 0 saturated heterocycles. The van der Waals surface area contributed by atoms with Crippen molar-refractivity contribution in [2.45, 2.75) is 12.7 Å². The number of anilines is 1. The summed E-state index contributed by atoms with van der Waals surface area (Å²) in [6.07, 6.45) is 0. The fourth-order valence-corrected chi connectivity index (χ4v) is 4.34. The second-order valence-electron chi connectivity index (χ2n) is 5.27. The van der Waals surface area contributed by atoms with Gasteiger partial charge in [0.25, 0.3) is 5.91 Å². The molecule has 0 aromatic heterocycles. The quantitative estimate of drug-likeness (QED) is 0.884. The van der Waals surface area contributed by atoms with Gasteiger partial charge in [-0.15, -0.1) is 0 Å². The first kappa shape index (κ1) is 16.1. The third kappa shape index (κ3) is 4.39. The van der Waals surface area contributed by atoms with Gasteiger partial charge < -0.3 is 5.32 Å². The molecule has 0 saturated carbocycles. The fraction of sp³-hybridized carbons (Fsp3) is 0.222. The third-order valence-corrected chi connectivity index (χ3v) is 5.75. The first-order valence-electron chi connectivity index (χ1n) is 7.48. The van der Waals surface area contributed by atoms with E-state index in [1.54, 1.807) is 23.5 Å². The molecule has 0 unspecified atom stereocenters. The van der Waals surface area contributed by atoms with Gasteiger partial charge in [-0.25, -0.2) is 0 Å². The zero-order chi connectivity index (χ0) is 16.1. The third-order valence-electron chi connectivity index (χ3n) is 3.45. The molecule has 3 rings (SSSR count). The van der Waals surface area contributed by atoms with Crippen LogP contribution in [0.4, 0.5) is 5.69 Å². The van der Waals surface area contributed by atoms with Gasteiger partial charge in [-0.05, 0) is 36.2 Å². The van der Waals surface area contributed by atoms with Gasteiger partial charge in [0, 0.05) is 22.8 Å². The number of hydrogen-bond acceptors (Lipinski definition) is 4. The fourth-order valence-electron chi connectivity index (χ4n) is 2.33. The Morgan fingerprint density at radius 1 is 1.26 bits per heavy atom. The molecule has 5 heteroatoms. The van der Waals surface area contributed by atoms with Crippen LogP contribution in [0.3, 0.4) is 0 Å². The van der Waals surface area contributed by atoms with Gasteiger partial charge in [0.05, 0.1) is 6.54 Å². The highest BCUT2D eigenvalue weighted by molar-refractivity contribution is 8.38. The summed E-state index contributed by atoms with van der Waals surface area (Å²) in [6, 6.07) is 15.6. The van der Waals surface area contributed by atoms with Gasteiger partial charge in [0.1, 0.15) is 4.38 Å². The van der Waals surface area contributed by atoms with Crippen molar-refractivity contribution < 1.29 is 4.79 Å². The maximum absolute atomic E-state index is 12.6. The Kier molecular flexibility index (Phi) is 5.41. The molecule has 0 radical (unpaired) electrons. The average molecular weight is 342 g/mol. The normalized spacial score (nSPS) is 13.7. The largest absolute Gasteiger partial charge is 0.322 e. The first-order chi connectivity index (χ1) is 11.2. The summed E-state index contributed by atoms with van der Waals surface area (Å²) >= 11 is 3.50. The maximum Gasteiger partial charge on any atom is 0.255 e. The van der Waals surface area contributed by atoms with Crippen LogP contribution in [-0.4, -0.2) is 22.6 Å². The molecule has 118 valence electrons. The number of aliphatic imine (C=N–C) groups is 1. The molecule has 0 atom stereocenters. The number of amides is 1. The molecular formula is C18H18N2OS2. The van der Waals surface area contributed by atoms with E-state index in [0.717, 1.165) is 44.8 Å². The number of hydrogen-bond donors (Lipinski definition) is 1. The second-order valence-corrected chi connectivity index (χ2v) is 7.57. The van der Waals surface area contributed by atoms with E-state index in [4.69, 9.17) is 0 Å². The lowest BCUT2D eigenvalue weighted by Gasteiger charge is -2.10. The van der Waals surface area contributed by atoms with E-state index < -0.39 is 0 Å². The van der Waals surface area contributed by atoms with Gasteiger partial charge in [0.2, 0.25) is 0 Å². The molecule has 3 nitrogen and oxygen atoms in total. The van der Waals surface area contributed by atoms with Crippen molar-refractivity contribution in [3.63, 3.8) is 0 Å². The van der Waals surface area contributed by atoms with Gasteiger partial charge in [0.15, 0.2) is 0 Å². The molecule has 2 aromatic rings. The van der Waals surface area contributed by atoms with E-state index in [2.05, 4.69) is 10.3 Å². The predicted molar refractivity (Wildman–Crippen MR) is 102 cm³/mol. The molecule has 0 bridgehead atoms. The van der Waals surface area contributed by atoms with E-state index in [1.165, 1.54) is 0 Å². The van der Waals surface area contributed by atoms with Crippen molar-refractivity contribution in [2.24, 2.45) is 4.99 Å². The Labute approximate surface area is 145 Å². The van der Waals surface area contributed by atoms with Crippen LogP contribution in [0.25, 0.3) is 0 Å². The summed E-state index contributed by atoms with van der Waals surface area (Å²) in [5.74, 6) is 1.77. The van der Waals surface area contributed by atoms with Gasteiger partial charge in [-0.1, -0.05) is 53.9 Å². The Hall–Kier alpha value is -1.72. The van der Waals surface area contributed by atoms with Crippen LogP contribution >= 0.6 is 23.5 Å². The number of nitrogens with zero attached hydrogens (tertiary/aromatic N) is 1. The van der Waals surface area contributed by atoms with Crippen LogP contribution in [0.1, 0.15) is 21.5 Å². The van der Waals surface area contributed by atoms with E-state index in [0.29, 0.717) is 0 Å². The monoisotopic (exact) mass is 342 g/mol. The molecule has 0 fully saturated rings. The molecular weight excluding hydrogens is 324 g/mol. The smallest absolute Gasteiger partial charge is 0.255 e. The maximum atomic E-state index is 12.6. The van der Waals surface area contributed by atoms with Crippen LogP contribution < -0.4 is 5.32 Å². The second kappa shape index (κ2) is 7.70. The number of carbonyl (C=O) groups is 1. The van der Waals surface area contributed by atoms with E-state index in [-0.39, 0.29) is 5.91 Å². The molecule has 1 heterocycles. The predicted octanol–water partition coefficient (Wildman–Crippen LogP) is 4.58. The highest BCUT2D eigenvalue weighted by Gasteiger charge is 2.13. The highest BCUT2D eigenvalue weighted by atomic mass is 32.2. The van der Waals surface area contributed by atoms with Gasteiger partial charge >= 0.3 is 0 Å². The van der Waals surface area contributed by atoms with Gasteiger partial charge in [-0.3, -0.25) is 9.79 Å². The van der Waals surface area contributed by atoms with Crippen LogP contribution in [0.2, 0.25) is 0 Å².